The highest BCUT2D eigenvalue weighted by atomic mass is 16.6. The van der Waals surface area contributed by atoms with E-state index in [0.717, 1.165) is 141 Å². The number of ether oxygens (including phenoxy) is 3. The smallest absolute Gasteiger partial charge is 0.306 e. The van der Waals surface area contributed by atoms with Gasteiger partial charge in [-0.1, -0.05) is 310 Å². The molecule has 0 spiro atoms. The van der Waals surface area contributed by atoms with E-state index in [4.69, 9.17) is 14.2 Å². The minimum Gasteiger partial charge on any atom is -0.462 e. The minimum atomic E-state index is -0.796. The minimum absolute atomic E-state index is 0.0883. The lowest BCUT2D eigenvalue weighted by Gasteiger charge is -2.18. The van der Waals surface area contributed by atoms with E-state index >= 15 is 0 Å². The van der Waals surface area contributed by atoms with Crippen LogP contribution >= 0.6 is 0 Å². The molecule has 1 unspecified atom stereocenters. The van der Waals surface area contributed by atoms with Gasteiger partial charge in [-0.15, -0.1) is 0 Å². The monoisotopic (exact) mass is 1150 g/mol. The van der Waals surface area contributed by atoms with Gasteiger partial charge in [-0.3, -0.25) is 14.4 Å². The lowest BCUT2D eigenvalue weighted by molar-refractivity contribution is -0.167. The first-order chi connectivity index (χ1) is 41.0. The van der Waals surface area contributed by atoms with Crippen LogP contribution in [-0.4, -0.2) is 37.2 Å². The number of carbonyl (C=O) groups excluding carboxylic acids is 3. The van der Waals surface area contributed by atoms with Gasteiger partial charge >= 0.3 is 17.9 Å². The molecule has 0 aromatic heterocycles. The van der Waals surface area contributed by atoms with Gasteiger partial charge in [0.15, 0.2) is 6.10 Å². The van der Waals surface area contributed by atoms with E-state index in [2.05, 4.69) is 130 Å². The zero-order valence-electron chi connectivity index (χ0n) is 54.7. The van der Waals surface area contributed by atoms with Gasteiger partial charge in [0.1, 0.15) is 13.2 Å². The molecule has 0 aromatic rings. The van der Waals surface area contributed by atoms with Gasteiger partial charge in [0.2, 0.25) is 0 Å². The Morgan fingerprint density at radius 1 is 0.253 bits per heavy atom. The van der Waals surface area contributed by atoms with E-state index in [0.29, 0.717) is 19.3 Å². The summed E-state index contributed by atoms with van der Waals surface area (Å²) in [5.41, 5.74) is 0. The predicted octanol–water partition coefficient (Wildman–Crippen LogP) is 24.6. The Morgan fingerprint density at radius 2 is 0.470 bits per heavy atom. The van der Waals surface area contributed by atoms with Gasteiger partial charge in [-0.2, -0.15) is 0 Å². The zero-order chi connectivity index (χ0) is 59.9. The molecule has 1 atom stereocenters. The second-order valence-corrected chi connectivity index (χ2v) is 23.4. The average Bonchev–Trinajstić information content (AvgIpc) is 3.49. The Labute approximate surface area is 514 Å². The summed E-state index contributed by atoms with van der Waals surface area (Å²) >= 11 is 0. The molecule has 0 heterocycles. The SMILES string of the molecule is CC/C=C\C/C=C\C/C=C\C/C=C\CCCCCCCCC(=O)OC(COC(=O)CCCCCCC/C=C\C/C=C\C/C=C\CC)COC(=O)CCCCCCCCCCCCCCCCCCCCC/C=C\C/C=C\CCCCCCC. The molecule has 6 nitrogen and oxygen atoms in total. The van der Waals surface area contributed by atoms with Crippen molar-refractivity contribution in [2.24, 2.45) is 0 Å². The summed E-state index contributed by atoms with van der Waals surface area (Å²) in [6.07, 6.45) is 96.9. The highest BCUT2D eigenvalue weighted by Crippen LogP contribution is 2.17. The molecule has 0 aromatic carbocycles. The maximum Gasteiger partial charge on any atom is 0.306 e. The van der Waals surface area contributed by atoms with Gasteiger partial charge < -0.3 is 14.2 Å². The molecule has 0 rings (SSSR count). The molecule has 0 saturated heterocycles. The molecule has 0 saturated carbocycles. The quantitative estimate of drug-likeness (QED) is 0.0261. The maximum absolute atomic E-state index is 12.9. The summed E-state index contributed by atoms with van der Waals surface area (Å²) in [6, 6.07) is 0. The van der Waals surface area contributed by atoms with Crippen LogP contribution in [0.25, 0.3) is 0 Å². The molecule has 0 aliphatic carbocycles. The average molecular weight is 1150 g/mol. The number of hydrogen-bond acceptors (Lipinski definition) is 6. The highest BCUT2D eigenvalue weighted by molar-refractivity contribution is 5.71. The molecule has 0 aliphatic rings. The van der Waals surface area contributed by atoms with Gasteiger partial charge in [-0.25, -0.2) is 0 Å². The van der Waals surface area contributed by atoms with E-state index in [1.165, 1.54) is 161 Å². The second kappa shape index (κ2) is 70.6. The van der Waals surface area contributed by atoms with Crippen molar-refractivity contribution in [3.8, 4) is 0 Å². The molecular weight excluding hydrogens is 1020 g/mol. The van der Waals surface area contributed by atoms with Crippen molar-refractivity contribution in [3.05, 3.63) is 109 Å². The van der Waals surface area contributed by atoms with Crippen LogP contribution in [0.1, 0.15) is 342 Å². The van der Waals surface area contributed by atoms with Crippen molar-refractivity contribution < 1.29 is 28.6 Å². The van der Waals surface area contributed by atoms with Crippen molar-refractivity contribution in [1.29, 1.82) is 0 Å². The molecular formula is C77H132O6. The molecule has 0 bridgehead atoms. The maximum atomic E-state index is 12.9. The fraction of sp³-hybridized carbons (Fsp3) is 0.727. The Balaban J connectivity index is 4.26. The van der Waals surface area contributed by atoms with Gasteiger partial charge in [0, 0.05) is 19.3 Å². The number of carbonyl (C=O) groups is 3. The standard InChI is InChI=1S/C77H132O6/c1-4-7-10-13-16-19-22-25-28-30-32-33-34-35-36-37-38-39-40-41-42-43-45-46-49-52-55-58-61-64-67-70-76(79)82-73-74(72-81-75(78)69-66-63-60-57-54-51-48-27-24-21-18-15-12-9-6-3)83-77(80)71-68-65-62-59-56-53-50-47-44-31-29-26-23-20-17-14-11-8-5-2/h8-9,11-12,17-18,20-22,25-27,29-30,32,44,47-48,74H,4-7,10,13-16,19,23-24,28,31,33-43,45-46,49-73H2,1-3H3/b11-8-,12-9-,20-17-,21-18-,25-22-,29-26-,32-30-,47-44-,48-27-. The summed E-state index contributed by atoms with van der Waals surface area (Å²) in [7, 11) is 0. The molecule has 0 radical (unpaired) electrons. The van der Waals surface area contributed by atoms with Crippen LogP contribution in [0.2, 0.25) is 0 Å². The van der Waals surface area contributed by atoms with Gasteiger partial charge in [0.25, 0.3) is 0 Å². The fourth-order valence-corrected chi connectivity index (χ4v) is 10.0. The third-order valence-corrected chi connectivity index (χ3v) is 15.2. The van der Waals surface area contributed by atoms with Crippen LogP contribution in [0.5, 0.6) is 0 Å². The van der Waals surface area contributed by atoms with Crippen molar-refractivity contribution in [1.82, 2.24) is 0 Å². The van der Waals surface area contributed by atoms with E-state index in [1.807, 2.05) is 0 Å². The number of unbranched alkanes of at least 4 members (excludes halogenated alkanes) is 35. The number of allylic oxidation sites excluding steroid dienone is 18. The van der Waals surface area contributed by atoms with E-state index in [9.17, 15) is 14.4 Å². The highest BCUT2D eigenvalue weighted by Gasteiger charge is 2.19. The third kappa shape index (κ3) is 68.7. The topological polar surface area (TPSA) is 78.9 Å². The predicted molar refractivity (Wildman–Crippen MR) is 362 cm³/mol. The number of hydrogen-bond donors (Lipinski definition) is 0. The van der Waals surface area contributed by atoms with Crippen molar-refractivity contribution >= 4 is 17.9 Å². The summed E-state index contributed by atoms with van der Waals surface area (Å²) in [4.78, 5) is 38.4. The lowest BCUT2D eigenvalue weighted by atomic mass is 10.0. The van der Waals surface area contributed by atoms with E-state index in [-0.39, 0.29) is 31.1 Å². The summed E-state index contributed by atoms with van der Waals surface area (Å²) in [5, 5.41) is 0. The molecule has 0 fully saturated rings. The van der Waals surface area contributed by atoms with Crippen LogP contribution < -0.4 is 0 Å². The molecule has 0 aliphatic heterocycles. The van der Waals surface area contributed by atoms with Crippen LogP contribution in [0, 0.1) is 0 Å². The van der Waals surface area contributed by atoms with Crippen LogP contribution in [0.4, 0.5) is 0 Å². The number of esters is 3. The van der Waals surface area contributed by atoms with Crippen molar-refractivity contribution in [2.75, 3.05) is 13.2 Å². The molecule has 6 heteroatoms. The van der Waals surface area contributed by atoms with Crippen molar-refractivity contribution in [2.45, 2.75) is 348 Å². The summed E-state index contributed by atoms with van der Waals surface area (Å²) in [6.45, 7) is 6.41. The van der Waals surface area contributed by atoms with Gasteiger partial charge in [0.05, 0.1) is 0 Å². The van der Waals surface area contributed by atoms with Crippen molar-refractivity contribution in [3.63, 3.8) is 0 Å². The van der Waals surface area contributed by atoms with Crippen LogP contribution in [0.15, 0.2) is 109 Å². The Bertz CT molecular complexity index is 1660. The van der Waals surface area contributed by atoms with Crippen LogP contribution in [-0.2, 0) is 28.6 Å². The molecule has 476 valence electrons. The molecule has 0 amide bonds. The molecule has 0 N–H and O–H groups in total. The Morgan fingerprint density at radius 3 is 0.735 bits per heavy atom. The normalized spacial score (nSPS) is 12.8. The van der Waals surface area contributed by atoms with E-state index < -0.39 is 6.10 Å². The largest absolute Gasteiger partial charge is 0.462 e. The van der Waals surface area contributed by atoms with Crippen LogP contribution in [0.3, 0.4) is 0 Å². The van der Waals surface area contributed by atoms with Gasteiger partial charge in [-0.05, 0) is 122 Å². The first-order valence-corrected chi connectivity index (χ1v) is 35.4. The fourth-order valence-electron chi connectivity index (χ4n) is 10.0. The first kappa shape index (κ1) is 79.1. The van der Waals surface area contributed by atoms with E-state index in [1.54, 1.807) is 0 Å². The lowest BCUT2D eigenvalue weighted by Crippen LogP contribution is -2.30. The summed E-state index contributed by atoms with van der Waals surface area (Å²) < 4.78 is 17.0. The second-order valence-electron chi connectivity index (χ2n) is 23.4. The third-order valence-electron chi connectivity index (χ3n) is 15.2. The Kier molecular flexibility index (Phi) is 67.2. The summed E-state index contributed by atoms with van der Waals surface area (Å²) in [5.74, 6) is -0.907. The zero-order valence-corrected chi connectivity index (χ0v) is 54.7. The molecule has 83 heavy (non-hydrogen) atoms. The first-order valence-electron chi connectivity index (χ1n) is 35.4. The Hall–Kier alpha value is -3.93. The number of rotatable bonds is 64.